The maximum absolute atomic E-state index is 10.3. The Kier molecular flexibility index (Phi) is 1.50. The monoisotopic (exact) mass is 101 g/mol. The number of rotatable bonds is 1. The predicted molar refractivity (Wildman–Crippen MR) is 26.8 cm³/mol. The van der Waals surface area contributed by atoms with Crippen LogP contribution in [0.4, 0.5) is 0 Å². The lowest BCUT2D eigenvalue weighted by Crippen LogP contribution is -1.98. The van der Waals surface area contributed by atoms with E-state index >= 15 is 0 Å². The average Bonchev–Trinajstić information content (AvgIpc) is 1.84. The Morgan fingerprint density at radius 2 is 2.57 bits per heavy atom. The van der Waals surface area contributed by atoms with E-state index < -0.39 is 5.97 Å². The first-order valence-corrected chi connectivity index (χ1v) is 1.86. The van der Waals surface area contributed by atoms with E-state index in [9.17, 15) is 4.79 Å². The van der Waals surface area contributed by atoms with Gasteiger partial charge in [-0.1, -0.05) is 6.55 Å². The lowest BCUT2D eigenvalue weighted by Gasteiger charge is -1.91. The molecule has 7 heavy (non-hydrogen) atoms. The molecule has 0 aliphatic rings. The Morgan fingerprint density at radius 1 is 2.00 bits per heavy atom. The summed E-state index contributed by atoms with van der Waals surface area (Å²) in [4.78, 5) is 10.3. The van der Waals surface area contributed by atoms with E-state index in [1.54, 1.807) is 0 Å². The SMILES string of the molecule is [2H]C=C(C)C(=O)OC. The molecule has 40 valence electrons. The van der Waals surface area contributed by atoms with Crippen LogP contribution in [-0.2, 0) is 9.53 Å². The molecule has 0 aliphatic carbocycles. The van der Waals surface area contributed by atoms with Gasteiger partial charge in [-0.3, -0.25) is 0 Å². The van der Waals surface area contributed by atoms with Crippen molar-refractivity contribution in [2.24, 2.45) is 0 Å². The van der Waals surface area contributed by atoms with Gasteiger partial charge in [0.1, 0.15) is 0 Å². The lowest BCUT2D eigenvalue weighted by atomic mass is 10.4. The molecular formula is C5H8O2. The van der Waals surface area contributed by atoms with E-state index in [-0.39, 0.29) is 0 Å². The fourth-order valence-electron chi connectivity index (χ4n) is 0.161. The van der Waals surface area contributed by atoms with Crippen LogP contribution in [0.3, 0.4) is 0 Å². The third-order valence-corrected chi connectivity index (χ3v) is 0.507. The molecule has 0 saturated carbocycles. The standard InChI is InChI=1S/C5H8O2/c1-4(2)5(6)7-3/h1H2,2-3H3/i1D. The van der Waals surface area contributed by atoms with Crippen LogP contribution in [0.25, 0.3) is 0 Å². The zero-order valence-electron chi connectivity index (χ0n) is 5.39. The molecule has 0 saturated heterocycles. The van der Waals surface area contributed by atoms with Crippen molar-refractivity contribution in [3.05, 3.63) is 12.1 Å². The highest BCUT2D eigenvalue weighted by Crippen LogP contribution is 1.87. The zero-order valence-corrected chi connectivity index (χ0v) is 4.39. The maximum atomic E-state index is 10.3. The highest BCUT2D eigenvalue weighted by atomic mass is 16.5. The molecule has 0 N–H and O–H groups in total. The first-order valence-electron chi connectivity index (χ1n) is 2.43. The molecule has 0 aromatic carbocycles. The van der Waals surface area contributed by atoms with Gasteiger partial charge >= 0.3 is 5.97 Å². The summed E-state index contributed by atoms with van der Waals surface area (Å²) in [6.07, 6.45) is 0. The average molecular weight is 101 g/mol. The van der Waals surface area contributed by atoms with Gasteiger partial charge in [-0.15, -0.1) is 0 Å². The number of hydrogen-bond acceptors (Lipinski definition) is 2. The van der Waals surface area contributed by atoms with E-state index in [0.29, 0.717) is 5.57 Å². The molecule has 0 radical (unpaired) electrons. The third kappa shape index (κ3) is 1.98. The largest absolute Gasteiger partial charge is 0.466 e. The summed E-state index contributed by atoms with van der Waals surface area (Å²) < 4.78 is 10.9. The van der Waals surface area contributed by atoms with Crippen LogP contribution in [-0.4, -0.2) is 13.1 Å². The van der Waals surface area contributed by atoms with E-state index in [1.807, 2.05) is 0 Å². The highest BCUT2D eigenvalue weighted by Gasteiger charge is 1.95. The summed E-state index contributed by atoms with van der Waals surface area (Å²) in [5.41, 5.74) is 0.313. The molecule has 0 bridgehead atoms. The quantitative estimate of drug-likeness (QED) is 0.359. The van der Waals surface area contributed by atoms with E-state index in [2.05, 4.69) is 4.74 Å². The third-order valence-electron chi connectivity index (χ3n) is 0.507. The van der Waals surface area contributed by atoms with Gasteiger partial charge in [-0.2, -0.15) is 0 Å². The summed E-state index contributed by atoms with van der Waals surface area (Å²) in [7, 11) is 1.29. The Hall–Kier alpha value is -0.790. The van der Waals surface area contributed by atoms with Crippen molar-refractivity contribution >= 4 is 5.97 Å². The van der Waals surface area contributed by atoms with Crippen LogP contribution in [0.2, 0.25) is 0 Å². The second-order valence-corrected chi connectivity index (χ2v) is 1.17. The number of ether oxygens (including phenoxy) is 1. The van der Waals surface area contributed by atoms with Crippen molar-refractivity contribution in [3.63, 3.8) is 0 Å². The summed E-state index contributed by atoms with van der Waals surface area (Å²) >= 11 is 0. The topological polar surface area (TPSA) is 26.3 Å². The molecule has 0 aromatic heterocycles. The van der Waals surface area contributed by atoms with Crippen molar-refractivity contribution in [1.29, 1.82) is 0 Å². The van der Waals surface area contributed by atoms with Crippen molar-refractivity contribution < 1.29 is 10.9 Å². The summed E-state index contributed by atoms with van der Waals surface area (Å²) in [6, 6.07) is 0. The van der Waals surface area contributed by atoms with Gasteiger partial charge in [0.25, 0.3) is 0 Å². The molecule has 2 heteroatoms. The lowest BCUT2D eigenvalue weighted by molar-refractivity contribution is -0.135. The van der Waals surface area contributed by atoms with Crippen molar-refractivity contribution in [1.82, 2.24) is 0 Å². The minimum absolute atomic E-state index is 0.313. The number of hydrogen-bond donors (Lipinski definition) is 0. The molecule has 0 atom stereocenters. The number of carbonyl (C=O) groups is 1. The molecule has 2 nitrogen and oxygen atoms in total. The van der Waals surface area contributed by atoms with Gasteiger partial charge in [0, 0.05) is 5.57 Å². The fourth-order valence-corrected chi connectivity index (χ4v) is 0.161. The van der Waals surface area contributed by atoms with Crippen LogP contribution in [0.1, 0.15) is 8.29 Å². The zero-order chi connectivity index (χ0) is 6.57. The van der Waals surface area contributed by atoms with E-state index in [1.165, 1.54) is 14.0 Å². The molecular weight excluding hydrogens is 92.1 g/mol. The Labute approximate surface area is 44.2 Å². The van der Waals surface area contributed by atoms with Crippen molar-refractivity contribution in [2.75, 3.05) is 7.11 Å². The summed E-state index contributed by atoms with van der Waals surface area (Å²) in [5.74, 6) is -0.444. The van der Waals surface area contributed by atoms with Crippen LogP contribution in [0, 0.1) is 0 Å². The summed E-state index contributed by atoms with van der Waals surface area (Å²) in [6.45, 7) is 2.49. The maximum Gasteiger partial charge on any atom is 0.332 e. The van der Waals surface area contributed by atoms with Crippen LogP contribution < -0.4 is 0 Å². The van der Waals surface area contributed by atoms with E-state index in [0.717, 1.165) is 6.55 Å². The smallest absolute Gasteiger partial charge is 0.332 e. The van der Waals surface area contributed by atoms with Gasteiger partial charge in [-0.05, 0) is 6.92 Å². The first kappa shape index (κ1) is 4.37. The van der Waals surface area contributed by atoms with Gasteiger partial charge in [0.15, 0.2) is 0 Å². The predicted octanol–water partition coefficient (Wildman–Crippen LogP) is 0.736. The molecule has 0 unspecified atom stereocenters. The molecule has 0 fully saturated rings. The number of carbonyl (C=O) groups excluding carboxylic acids is 1. The van der Waals surface area contributed by atoms with Crippen molar-refractivity contribution in [2.45, 2.75) is 6.92 Å². The van der Waals surface area contributed by atoms with Gasteiger partial charge < -0.3 is 4.74 Å². The highest BCUT2D eigenvalue weighted by molar-refractivity contribution is 5.86. The second kappa shape index (κ2) is 2.39. The van der Waals surface area contributed by atoms with Crippen LogP contribution in [0.5, 0.6) is 0 Å². The van der Waals surface area contributed by atoms with Gasteiger partial charge in [0.05, 0.1) is 8.48 Å². The summed E-state index contributed by atoms with van der Waals surface area (Å²) in [5, 5.41) is 0. The molecule has 0 rings (SSSR count). The molecule has 0 amide bonds. The van der Waals surface area contributed by atoms with Gasteiger partial charge in [0.2, 0.25) is 0 Å². The minimum atomic E-state index is -0.444. The normalized spacial score (nSPS) is 12.9. The van der Waals surface area contributed by atoms with Gasteiger partial charge in [-0.25, -0.2) is 4.79 Å². The Balaban J connectivity index is 3.83. The minimum Gasteiger partial charge on any atom is -0.466 e. The first-order chi connectivity index (χ1) is 3.72. The number of methoxy groups -OCH3 is 1. The Morgan fingerprint density at radius 3 is 2.71 bits per heavy atom. The molecule has 0 heterocycles. The second-order valence-electron chi connectivity index (χ2n) is 1.17. The van der Waals surface area contributed by atoms with E-state index in [4.69, 9.17) is 1.37 Å². The van der Waals surface area contributed by atoms with Crippen LogP contribution in [0.15, 0.2) is 12.1 Å². The Bertz CT molecular complexity index is 118. The molecule has 0 spiro atoms. The molecule has 0 aromatic rings. The van der Waals surface area contributed by atoms with Crippen LogP contribution >= 0.6 is 0 Å². The molecule has 0 aliphatic heterocycles. The van der Waals surface area contributed by atoms with Crippen molar-refractivity contribution in [3.8, 4) is 0 Å². The number of esters is 1. The fraction of sp³-hybridized carbons (Fsp3) is 0.400.